The highest BCUT2D eigenvalue weighted by Crippen LogP contribution is 2.18. The lowest BCUT2D eigenvalue weighted by Crippen LogP contribution is -2.43. The van der Waals surface area contributed by atoms with Crippen LogP contribution in [0.15, 0.2) is 28.3 Å². The van der Waals surface area contributed by atoms with E-state index in [9.17, 15) is 8.42 Å². The largest absolute Gasteiger partial charge is 0.381 e. The summed E-state index contributed by atoms with van der Waals surface area (Å²) in [6, 6.07) is 1.58. The van der Waals surface area contributed by atoms with Gasteiger partial charge in [-0.1, -0.05) is 0 Å². The first-order chi connectivity index (χ1) is 12.4. The Morgan fingerprint density at radius 2 is 2.12 bits per heavy atom. The lowest BCUT2D eigenvalue weighted by Gasteiger charge is -2.26. The molecule has 2 heterocycles. The maximum absolute atomic E-state index is 12.2. The van der Waals surface area contributed by atoms with E-state index >= 15 is 0 Å². The molecule has 0 aromatic carbocycles. The van der Waals surface area contributed by atoms with E-state index in [-0.39, 0.29) is 4.90 Å². The quantitative estimate of drug-likeness (QED) is 0.389. The van der Waals surface area contributed by atoms with Crippen molar-refractivity contribution < 1.29 is 13.2 Å². The summed E-state index contributed by atoms with van der Waals surface area (Å²) in [5.74, 6) is 1.48. The van der Waals surface area contributed by atoms with Crippen LogP contribution in [0.25, 0.3) is 0 Å². The first-order valence-electron chi connectivity index (χ1n) is 9.03. The van der Waals surface area contributed by atoms with Crippen LogP contribution in [-0.4, -0.2) is 70.8 Å². The number of guanidine groups is 1. The Bertz CT molecular complexity index is 680. The second-order valence-electron chi connectivity index (χ2n) is 6.65. The zero-order valence-corrected chi connectivity index (χ0v) is 16.8. The van der Waals surface area contributed by atoms with Crippen molar-refractivity contribution in [3.63, 3.8) is 0 Å². The normalized spacial score (nSPS) is 16.7. The summed E-state index contributed by atoms with van der Waals surface area (Å²) in [5.41, 5.74) is 0. The third kappa shape index (κ3) is 6.30. The van der Waals surface area contributed by atoms with Crippen molar-refractivity contribution in [3.05, 3.63) is 18.5 Å². The van der Waals surface area contributed by atoms with E-state index in [0.717, 1.165) is 45.0 Å². The molecule has 9 heteroatoms. The van der Waals surface area contributed by atoms with Crippen molar-refractivity contribution in [2.24, 2.45) is 18.0 Å². The summed E-state index contributed by atoms with van der Waals surface area (Å²) < 4.78 is 34.0. The van der Waals surface area contributed by atoms with Crippen molar-refractivity contribution in [2.75, 3.05) is 46.9 Å². The predicted molar refractivity (Wildman–Crippen MR) is 103 cm³/mol. The van der Waals surface area contributed by atoms with Gasteiger partial charge in [-0.25, -0.2) is 13.1 Å². The topological polar surface area (TPSA) is 88.0 Å². The number of rotatable bonds is 8. The van der Waals surface area contributed by atoms with Gasteiger partial charge in [0.2, 0.25) is 10.0 Å². The fourth-order valence-electron chi connectivity index (χ4n) is 2.98. The lowest BCUT2D eigenvalue weighted by atomic mass is 9.96. The molecule has 0 spiro atoms. The van der Waals surface area contributed by atoms with Crippen molar-refractivity contribution in [3.8, 4) is 0 Å². The molecule has 26 heavy (non-hydrogen) atoms. The van der Waals surface area contributed by atoms with Crippen LogP contribution in [0.2, 0.25) is 0 Å². The first kappa shape index (κ1) is 20.7. The molecule has 0 unspecified atom stereocenters. The van der Waals surface area contributed by atoms with Gasteiger partial charge in [0.25, 0.3) is 0 Å². The molecule has 1 fully saturated rings. The number of nitrogens with one attached hydrogen (secondary N) is 2. The molecule has 0 radical (unpaired) electrons. The molecule has 0 bridgehead atoms. The van der Waals surface area contributed by atoms with Gasteiger partial charge in [-0.05, 0) is 31.2 Å². The minimum Gasteiger partial charge on any atom is -0.381 e. The molecule has 0 amide bonds. The summed E-state index contributed by atoms with van der Waals surface area (Å²) in [6.45, 7) is 3.41. The number of aliphatic imine (C=N–C) groups is 1. The maximum atomic E-state index is 12.2. The molecule has 0 saturated carbocycles. The molecule has 2 rings (SSSR count). The SMILES string of the molecule is CN=C(NCCNS(=O)(=O)c1ccn(C)c1)N(C)CCC1CCOCC1. The van der Waals surface area contributed by atoms with Gasteiger partial charge in [0.05, 0.1) is 4.90 Å². The molecule has 8 nitrogen and oxygen atoms in total. The summed E-state index contributed by atoms with van der Waals surface area (Å²) in [7, 11) is 2.07. The summed E-state index contributed by atoms with van der Waals surface area (Å²) in [4.78, 5) is 6.63. The average Bonchev–Trinajstić information content (AvgIpc) is 3.08. The fourth-order valence-corrected chi connectivity index (χ4v) is 4.06. The highest BCUT2D eigenvalue weighted by molar-refractivity contribution is 7.89. The van der Waals surface area contributed by atoms with E-state index in [1.807, 2.05) is 7.05 Å². The van der Waals surface area contributed by atoms with Gasteiger partial charge in [0.1, 0.15) is 0 Å². The number of hydrogen-bond donors (Lipinski definition) is 2. The Labute approximate surface area is 156 Å². The minimum atomic E-state index is -3.47. The van der Waals surface area contributed by atoms with Crippen LogP contribution in [0.4, 0.5) is 0 Å². The van der Waals surface area contributed by atoms with Crippen molar-refractivity contribution in [2.45, 2.75) is 24.2 Å². The van der Waals surface area contributed by atoms with Gasteiger partial charge in [0, 0.05) is 66.4 Å². The molecule has 0 aliphatic carbocycles. The van der Waals surface area contributed by atoms with E-state index in [1.165, 1.54) is 0 Å². The molecule has 148 valence electrons. The monoisotopic (exact) mass is 385 g/mol. The van der Waals surface area contributed by atoms with Crippen LogP contribution in [-0.2, 0) is 21.8 Å². The Morgan fingerprint density at radius 1 is 1.38 bits per heavy atom. The number of ether oxygens (including phenoxy) is 1. The number of hydrogen-bond acceptors (Lipinski definition) is 4. The highest BCUT2D eigenvalue weighted by Gasteiger charge is 2.16. The minimum absolute atomic E-state index is 0.276. The van der Waals surface area contributed by atoms with E-state index in [2.05, 4.69) is 19.9 Å². The molecule has 1 aromatic rings. The van der Waals surface area contributed by atoms with Crippen LogP contribution in [0.5, 0.6) is 0 Å². The van der Waals surface area contributed by atoms with Crippen LogP contribution < -0.4 is 10.0 Å². The molecule has 1 aliphatic rings. The van der Waals surface area contributed by atoms with E-state index < -0.39 is 10.0 Å². The lowest BCUT2D eigenvalue weighted by molar-refractivity contribution is 0.0625. The van der Waals surface area contributed by atoms with Gasteiger partial charge < -0.3 is 19.5 Å². The third-order valence-electron chi connectivity index (χ3n) is 4.60. The molecule has 0 atom stereocenters. The predicted octanol–water partition coefficient (Wildman–Crippen LogP) is 0.627. The van der Waals surface area contributed by atoms with Gasteiger partial charge in [-0.3, -0.25) is 4.99 Å². The Hall–Kier alpha value is -1.58. The van der Waals surface area contributed by atoms with Crippen LogP contribution >= 0.6 is 0 Å². The number of aryl methyl sites for hydroxylation is 1. The Kier molecular flexibility index (Phi) is 7.92. The molecule has 1 aromatic heterocycles. The molecular formula is C17H31N5O3S. The number of sulfonamides is 1. The molecular weight excluding hydrogens is 354 g/mol. The first-order valence-corrected chi connectivity index (χ1v) is 10.5. The second-order valence-corrected chi connectivity index (χ2v) is 8.42. The van der Waals surface area contributed by atoms with Crippen LogP contribution in [0.3, 0.4) is 0 Å². The van der Waals surface area contributed by atoms with Crippen molar-refractivity contribution in [1.82, 2.24) is 19.5 Å². The summed E-state index contributed by atoms with van der Waals surface area (Å²) in [6.07, 6.45) is 6.66. The fraction of sp³-hybridized carbons (Fsp3) is 0.706. The van der Waals surface area contributed by atoms with Gasteiger partial charge >= 0.3 is 0 Å². The van der Waals surface area contributed by atoms with E-state index in [0.29, 0.717) is 19.0 Å². The molecule has 1 aliphatic heterocycles. The van der Waals surface area contributed by atoms with Gasteiger partial charge in [-0.2, -0.15) is 0 Å². The Balaban J connectivity index is 1.70. The third-order valence-corrected chi connectivity index (χ3v) is 6.05. The second kappa shape index (κ2) is 9.94. The van der Waals surface area contributed by atoms with Crippen molar-refractivity contribution in [1.29, 1.82) is 0 Å². The zero-order valence-electron chi connectivity index (χ0n) is 15.9. The van der Waals surface area contributed by atoms with Crippen molar-refractivity contribution >= 4 is 16.0 Å². The number of aromatic nitrogens is 1. The number of nitrogens with zero attached hydrogens (tertiary/aromatic N) is 3. The summed E-state index contributed by atoms with van der Waals surface area (Å²) in [5, 5.41) is 3.21. The van der Waals surface area contributed by atoms with Crippen LogP contribution in [0, 0.1) is 5.92 Å². The van der Waals surface area contributed by atoms with E-state index in [4.69, 9.17) is 4.74 Å². The van der Waals surface area contributed by atoms with E-state index in [1.54, 1.807) is 37.1 Å². The Morgan fingerprint density at radius 3 is 2.73 bits per heavy atom. The summed E-state index contributed by atoms with van der Waals surface area (Å²) >= 11 is 0. The highest BCUT2D eigenvalue weighted by atomic mass is 32.2. The molecule has 2 N–H and O–H groups in total. The molecule has 1 saturated heterocycles. The van der Waals surface area contributed by atoms with Crippen LogP contribution in [0.1, 0.15) is 19.3 Å². The standard InChI is InChI=1S/C17H31N5O3S/c1-18-17(22(3)11-4-15-6-12-25-13-7-15)19-8-9-20-26(23,24)16-5-10-21(2)14-16/h5,10,14-15,20H,4,6-9,11-13H2,1-3H3,(H,18,19). The average molecular weight is 386 g/mol. The van der Waals surface area contributed by atoms with Gasteiger partial charge in [-0.15, -0.1) is 0 Å². The smallest absolute Gasteiger partial charge is 0.242 e. The van der Waals surface area contributed by atoms with Gasteiger partial charge in [0.15, 0.2) is 5.96 Å². The maximum Gasteiger partial charge on any atom is 0.242 e. The zero-order chi connectivity index (χ0) is 19.0.